The Kier molecular flexibility index (Phi) is 3.33. The van der Waals surface area contributed by atoms with Crippen LogP contribution in [-0.4, -0.2) is 53.1 Å². The average Bonchev–Trinajstić information content (AvgIpc) is 3.22. The van der Waals surface area contributed by atoms with Crippen LogP contribution in [0.4, 0.5) is 5.95 Å². The fourth-order valence-electron chi connectivity index (χ4n) is 2.08. The van der Waals surface area contributed by atoms with Crippen molar-refractivity contribution in [1.29, 1.82) is 0 Å². The molecule has 0 radical (unpaired) electrons. The highest BCUT2D eigenvalue weighted by molar-refractivity contribution is 5.92. The molecule has 0 aromatic carbocycles. The van der Waals surface area contributed by atoms with Crippen LogP contribution in [0.2, 0.25) is 0 Å². The van der Waals surface area contributed by atoms with Crippen LogP contribution in [0.15, 0.2) is 6.07 Å². The summed E-state index contributed by atoms with van der Waals surface area (Å²) in [4.78, 5) is 22.8. The first kappa shape index (κ1) is 12.3. The first-order valence-corrected chi connectivity index (χ1v) is 6.71. The number of amides is 1. The standard InChI is InChI=1S/C13H18N4O2/c1-9-8-11(12(18)17-4-6-19-7-5-17)16-13(14-9)15-10-2-3-10/h8,10H,2-7H2,1H3,(H,14,15,16). The molecule has 1 aromatic rings. The van der Waals surface area contributed by atoms with E-state index in [1.54, 1.807) is 11.0 Å². The molecule has 6 heteroatoms. The molecule has 1 saturated carbocycles. The number of aryl methyl sites for hydroxylation is 1. The molecule has 0 spiro atoms. The summed E-state index contributed by atoms with van der Waals surface area (Å²) < 4.78 is 5.26. The largest absolute Gasteiger partial charge is 0.378 e. The van der Waals surface area contributed by atoms with Gasteiger partial charge in [-0.2, -0.15) is 0 Å². The molecule has 1 N–H and O–H groups in total. The molecule has 3 rings (SSSR count). The van der Waals surface area contributed by atoms with Crippen LogP contribution >= 0.6 is 0 Å². The second-order valence-corrected chi connectivity index (χ2v) is 5.04. The number of aromatic nitrogens is 2. The molecule has 0 bridgehead atoms. The molecule has 19 heavy (non-hydrogen) atoms. The molecule has 2 aliphatic rings. The Hall–Kier alpha value is -1.69. The Morgan fingerprint density at radius 2 is 2.11 bits per heavy atom. The summed E-state index contributed by atoms with van der Waals surface area (Å²) in [7, 11) is 0. The lowest BCUT2D eigenvalue weighted by Gasteiger charge is -2.26. The van der Waals surface area contributed by atoms with Gasteiger partial charge in [0.2, 0.25) is 5.95 Å². The molecule has 1 amide bonds. The van der Waals surface area contributed by atoms with E-state index in [1.165, 1.54) is 0 Å². The van der Waals surface area contributed by atoms with Gasteiger partial charge in [-0.05, 0) is 25.8 Å². The van der Waals surface area contributed by atoms with Gasteiger partial charge >= 0.3 is 0 Å². The number of ether oxygens (including phenoxy) is 1. The van der Waals surface area contributed by atoms with Crippen LogP contribution < -0.4 is 5.32 Å². The van der Waals surface area contributed by atoms with E-state index in [-0.39, 0.29) is 5.91 Å². The maximum absolute atomic E-state index is 12.4. The molecule has 1 aliphatic carbocycles. The molecule has 1 saturated heterocycles. The summed E-state index contributed by atoms with van der Waals surface area (Å²) >= 11 is 0. The zero-order valence-corrected chi connectivity index (χ0v) is 11.1. The Balaban J connectivity index is 1.77. The summed E-state index contributed by atoms with van der Waals surface area (Å²) in [6, 6.07) is 2.23. The van der Waals surface area contributed by atoms with Gasteiger partial charge in [-0.15, -0.1) is 0 Å². The van der Waals surface area contributed by atoms with Gasteiger partial charge in [-0.1, -0.05) is 0 Å². The maximum Gasteiger partial charge on any atom is 0.272 e. The molecular weight excluding hydrogens is 244 g/mol. The van der Waals surface area contributed by atoms with Crippen LogP contribution in [0, 0.1) is 6.92 Å². The maximum atomic E-state index is 12.4. The number of nitrogens with one attached hydrogen (secondary N) is 1. The van der Waals surface area contributed by atoms with E-state index < -0.39 is 0 Å². The molecule has 6 nitrogen and oxygen atoms in total. The minimum atomic E-state index is -0.0346. The van der Waals surface area contributed by atoms with E-state index in [2.05, 4.69) is 15.3 Å². The van der Waals surface area contributed by atoms with Gasteiger partial charge in [0.25, 0.3) is 5.91 Å². The molecular formula is C13H18N4O2. The highest BCUT2D eigenvalue weighted by Gasteiger charge is 2.24. The lowest BCUT2D eigenvalue weighted by molar-refractivity contribution is 0.0299. The number of morpholine rings is 1. The zero-order chi connectivity index (χ0) is 13.2. The third-order valence-electron chi connectivity index (χ3n) is 3.28. The molecule has 1 aliphatic heterocycles. The lowest BCUT2D eigenvalue weighted by Crippen LogP contribution is -2.41. The van der Waals surface area contributed by atoms with Crippen molar-refractivity contribution >= 4 is 11.9 Å². The number of nitrogens with zero attached hydrogens (tertiary/aromatic N) is 3. The summed E-state index contributed by atoms with van der Waals surface area (Å²) in [6.07, 6.45) is 2.31. The third-order valence-corrected chi connectivity index (χ3v) is 3.28. The number of anilines is 1. The van der Waals surface area contributed by atoms with Gasteiger partial charge < -0.3 is 15.0 Å². The molecule has 0 unspecified atom stereocenters. The minimum Gasteiger partial charge on any atom is -0.378 e. The van der Waals surface area contributed by atoms with Crippen molar-refractivity contribution < 1.29 is 9.53 Å². The Morgan fingerprint density at radius 3 is 2.79 bits per heavy atom. The van der Waals surface area contributed by atoms with E-state index in [0.29, 0.717) is 44.0 Å². The monoisotopic (exact) mass is 262 g/mol. The normalized spacial score (nSPS) is 19.3. The van der Waals surface area contributed by atoms with Crippen molar-refractivity contribution in [2.75, 3.05) is 31.6 Å². The fraction of sp³-hybridized carbons (Fsp3) is 0.615. The van der Waals surface area contributed by atoms with Gasteiger partial charge in [0.1, 0.15) is 5.69 Å². The molecule has 0 atom stereocenters. The van der Waals surface area contributed by atoms with Gasteiger partial charge in [0, 0.05) is 24.8 Å². The highest BCUT2D eigenvalue weighted by atomic mass is 16.5. The van der Waals surface area contributed by atoms with E-state index in [1.807, 2.05) is 6.92 Å². The van der Waals surface area contributed by atoms with Crippen molar-refractivity contribution in [2.24, 2.45) is 0 Å². The summed E-state index contributed by atoms with van der Waals surface area (Å²) in [5, 5.41) is 3.24. The van der Waals surface area contributed by atoms with Crippen molar-refractivity contribution in [3.63, 3.8) is 0 Å². The lowest BCUT2D eigenvalue weighted by atomic mass is 10.3. The number of hydrogen-bond donors (Lipinski definition) is 1. The molecule has 2 fully saturated rings. The summed E-state index contributed by atoms with van der Waals surface area (Å²) in [6.45, 7) is 4.35. The van der Waals surface area contributed by atoms with Crippen LogP contribution in [0.1, 0.15) is 29.0 Å². The summed E-state index contributed by atoms with van der Waals surface area (Å²) in [5.74, 6) is 0.534. The number of carbonyl (C=O) groups excluding carboxylic acids is 1. The van der Waals surface area contributed by atoms with Crippen LogP contribution in [0.3, 0.4) is 0 Å². The first-order chi connectivity index (χ1) is 9.22. The van der Waals surface area contributed by atoms with Crippen LogP contribution in [-0.2, 0) is 4.74 Å². The van der Waals surface area contributed by atoms with Crippen LogP contribution in [0.25, 0.3) is 0 Å². The van der Waals surface area contributed by atoms with E-state index in [0.717, 1.165) is 18.5 Å². The SMILES string of the molecule is Cc1cc(C(=O)N2CCOCC2)nc(NC2CC2)n1. The topological polar surface area (TPSA) is 67.4 Å². The van der Waals surface area contributed by atoms with E-state index in [4.69, 9.17) is 4.74 Å². The van der Waals surface area contributed by atoms with Crippen LogP contribution in [0.5, 0.6) is 0 Å². The number of rotatable bonds is 3. The molecule has 102 valence electrons. The third kappa shape index (κ3) is 3.01. The second kappa shape index (κ2) is 5.13. The minimum absolute atomic E-state index is 0.0346. The van der Waals surface area contributed by atoms with Crippen molar-refractivity contribution in [1.82, 2.24) is 14.9 Å². The quantitative estimate of drug-likeness (QED) is 0.874. The Bertz CT molecular complexity index is 482. The average molecular weight is 262 g/mol. The number of carbonyl (C=O) groups is 1. The van der Waals surface area contributed by atoms with Gasteiger partial charge in [0.05, 0.1) is 13.2 Å². The van der Waals surface area contributed by atoms with Gasteiger partial charge in [-0.25, -0.2) is 9.97 Å². The summed E-state index contributed by atoms with van der Waals surface area (Å²) in [5.41, 5.74) is 1.28. The van der Waals surface area contributed by atoms with E-state index >= 15 is 0 Å². The molecule has 1 aromatic heterocycles. The predicted octanol–water partition coefficient (Wildman–Crippen LogP) is 0.832. The fourth-order valence-corrected chi connectivity index (χ4v) is 2.08. The Labute approximate surface area is 112 Å². The second-order valence-electron chi connectivity index (χ2n) is 5.04. The van der Waals surface area contributed by atoms with Crippen molar-refractivity contribution in [2.45, 2.75) is 25.8 Å². The smallest absolute Gasteiger partial charge is 0.272 e. The predicted molar refractivity (Wildman–Crippen MR) is 70.1 cm³/mol. The molecule has 2 heterocycles. The Morgan fingerprint density at radius 1 is 1.37 bits per heavy atom. The van der Waals surface area contributed by atoms with Gasteiger partial charge in [0.15, 0.2) is 0 Å². The van der Waals surface area contributed by atoms with E-state index in [9.17, 15) is 4.79 Å². The highest BCUT2D eigenvalue weighted by Crippen LogP contribution is 2.23. The zero-order valence-electron chi connectivity index (χ0n) is 11.1. The van der Waals surface area contributed by atoms with Crippen molar-refractivity contribution in [3.8, 4) is 0 Å². The first-order valence-electron chi connectivity index (χ1n) is 6.71. The number of hydrogen-bond acceptors (Lipinski definition) is 5. The van der Waals surface area contributed by atoms with Gasteiger partial charge in [-0.3, -0.25) is 4.79 Å². The van der Waals surface area contributed by atoms with Crippen molar-refractivity contribution in [3.05, 3.63) is 17.5 Å².